The van der Waals surface area contributed by atoms with Crippen molar-refractivity contribution in [3.8, 4) is 17.2 Å². The number of rotatable bonds is 4. The molecule has 3 rings (SSSR count). The largest absolute Gasteiger partial charge is 0.492 e. The van der Waals surface area contributed by atoms with Crippen LogP contribution in [0.4, 0.5) is 18.0 Å². The second kappa shape index (κ2) is 8.37. The van der Waals surface area contributed by atoms with Crippen LogP contribution in [0.25, 0.3) is 0 Å². The third-order valence-corrected chi connectivity index (χ3v) is 5.42. The van der Waals surface area contributed by atoms with Crippen molar-refractivity contribution in [1.82, 2.24) is 5.32 Å². The summed E-state index contributed by atoms with van der Waals surface area (Å²) in [4.78, 5) is 24.3. The molecule has 32 heavy (non-hydrogen) atoms. The molecule has 0 fully saturated rings. The highest BCUT2D eigenvalue weighted by Gasteiger charge is 2.66. The quantitative estimate of drug-likeness (QED) is 0.500. The number of aryl methyl sites for hydroxylation is 1. The lowest BCUT2D eigenvalue weighted by atomic mass is 9.95. The van der Waals surface area contributed by atoms with Gasteiger partial charge in [-0.15, -0.1) is 0 Å². The number of amides is 1. The fraction of sp³-hybridized carbons (Fsp3) is 0.333. The molecule has 0 aromatic heterocycles. The minimum Gasteiger partial charge on any atom is -0.424 e. The van der Waals surface area contributed by atoms with Gasteiger partial charge in [0.1, 0.15) is 5.75 Å². The number of hydrogen-bond acceptors (Lipinski definition) is 5. The number of carbonyl (C=O) groups excluding carboxylic acids is 2. The van der Waals surface area contributed by atoms with Gasteiger partial charge >= 0.3 is 18.2 Å². The zero-order valence-corrected chi connectivity index (χ0v) is 18.8. The molecule has 0 saturated carbocycles. The molecule has 0 bridgehead atoms. The van der Waals surface area contributed by atoms with Crippen LogP contribution < -0.4 is 19.5 Å². The molecular formula is C21H18Cl2F3NO5. The molecule has 1 aliphatic heterocycles. The van der Waals surface area contributed by atoms with Crippen LogP contribution in [0, 0.1) is 6.92 Å². The molecule has 0 unspecified atom stereocenters. The zero-order chi connectivity index (χ0) is 24.0. The Morgan fingerprint density at radius 2 is 1.59 bits per heavy atom. The maximum absolute atomic E-state index is 13.9. The molecule has 11 heteroatoms. The van der Waals surface area contributed by atoms with Crippen LogP contribution in [0.1, 0.15) is 48.2 Å². The lowest BCUT2D eigenvalue weighted by Gasteiger charge is -2.29. The van der Waals surface area contributed by atoms with Crippen molar-refractivity contribution in [2.45, 2.75) is 45.7 Å². The van der Waals surface area contributed by atoms with Gasteiger partial charge in [0.25, 0.3) is 0 Å². The van der Waals surface area contributed by atoms with Crippen molar-refractivity contribution < 1.29 is 37.0 Å². The van der Waals surface area contributed by atoms with Gasteiger partial charge < -0.3 is 14.2 Å². The standard InChI is InChI=1S/C21H18Cl2F3NO5/c1-9(2)12-6-13(11(4)28)10(3)5-16(12)30-19(29)27-21(20(24,25)26)31-17-7-14(22)15(23)8-18(17)32-21/h5-9H,1-4H3,(H,27,29). The lowest BCUT2D eigenvalue weighted by molar-refractivity contribution is -0.318. The van der Waals surface area contributed by atoms with E-state index >= 15 is 0 Å². The summed E-state index contributed by atoms with van der Waals surface area (Å²) in [5.74, 6) is -4.66. The summed E-state index contributed by atoms with van der Waals surface area (Å²) in [5, 5.41) is 1.49. The van der Waals surface area contributed by atoms with E-state index in [0.717, 1.165) is 12.1 Å². The normalized spacial score (nSPS) is 14.4. The van der Waals surface area contributed by atoms with E-state index in [9.17, 15) is 22.8 Å². The minimum absolute atomic E-state index is 0.000996. The van der Waals surface area contributed by atoms with Gasteiger partial charge in [-0.05, 0) is 43.0 Å². The van der Waals surface area contributed by atoms with E-state index in [4.69, 9.17) is 37.4 Å². The number of benzene rings is 2. The maximum atomic E-state index is 13.9. The van der Waals surface area contributed by atoms with Gasteiger partial charge in [0.15, 0.2) is 17.3 Å². The second-order valence-corrected chi connectivity index (χ2v) is 8.28. The Bertz CT molecular complexity index is 1070. The maximum Gasteiger partial charge on any atom is 0.492 e. The lowest BCUT2D eigenvalue weighted by Crippen LogP contribution is -2.65. The molecule has 0 saturated heterocycles. The first kappa shape index (κ1) is 24.0. The van der Waals surface area contributed by atoms with E-state index in [-0.39, 0.29) is 39.0 Å². The summed E-state index contributed by atoms with van der Waals surface area (Å²) < 4.78 is 56.6. The molecule has 0 radical (unpaired) electrons. The number of halogens is 5. The number of fused-ring (bicyclic) bond motifs is 1. The van der Waals surface area contributed by atoms with Crippen molar-refractivity contribution in [2.24, 2.45) is 0 Å². The number of Topliss-reactive ketones (excluding diaryl/α,β-unsaturated/α-hetero) is 1. The van der Waals surface area contributed by atoms with Crippen LogP contribution >= 0.6 is 23.2 Å². The van der Waals surface area contributed by atoms with E-state index in [1.165, 1.54) is 13.0 Å². The van der Waals surface area contributed by atoms with E-state index < -0.39 is 18.2 Å². The number of hydrogen-bond donors (Lipinski definition) is 1. The van der Waals surface area contributed by atoms with Gasteiger partial charge in [0.2, 0.25) is 0 Å². The Labute approximate surface area is 191 Å². The predicted molar refractivity (Wildman–Crippen MR) is 111 cm³/mol. The van der Waals surface area contributed by atoms with Crippen LogP contribution in [0.15, 0.2) is 24.3 Å². The summed E-state index contributed by atoms with van der Waals surface area (Å²) >= 11 is 11.6. The topological polar surface area (TPSA) is 73.9 Å². The minimum atomic E-state index is -5.20. The first-order valence-electron chi connectivity index (χ1n) is 9.33. The Balaban J connectivity index is 1.92. The highest BCUT2D eigenvalue weighted by Crippen LogP contribution is 2.48. The Morgan fingerprint density at radius 3 is 2.03 bits per heavy atom. The fourth-order valence-corrected chi connectivity index (χ4v) is 3.42. The second-order valence-electron chi connectivity index (χ2n) is 7.46. The molecule has 2 aromatic carbocycles. The number of nitrogens with one attached hydrogen (secondary N) is 1. The van der Waals surface area contributed by atoms with Gasteiger partial charge in [-0.2, -0.15) is 13.2 Å². The van der Waals surface area contributed by atoms with E-state index in [0.29, 0.717) is 16.7 Å². The third-order valence-electron chi connectivity index (χ3n) is 4.69. The predicted octanol–water partition coefficient (Wildman–Crippen LogP) is 6.40. The molecule has 1 aliphatic rings. The van der Waals surface area contributed by atoms with E-state index in [2.05, 4.69) is 0 Å². The van der Waals surface area contributed by atoms with Gasteiger partial charge in [0.05, 0.1) is 10.0 Å². The van der Waals surface area contributed by atoms with Crippen molar-refractivity contribution in [3.63, 3.8) is 0 Å². The molecule has 0 spiro atoms. The van der Waals surface area contributed by atoms with Crippen molar-refractivity contribution >= 4 is 35.1 Å². The average Bonchev–Trinajstić information content (AvgIpc) is 2.99. The molecule has 172 valence electrons. The van der Waals surface area contributed by atoms with Gasteiger partial charge in [-0.3, -0.25) is 4.79 Å². The molecular weight excluding hydrogens is 474 g/mol. The summed E-state index contributed by atoms with van der Waals surface area (Å²) in [6.07, 6.45) is -6.68. The van der Waals surface area contributed by atoms with Crippen LogP contribution in [-0.2, 0) is 0 Å². The number of carbonyl (C=O) groups is 2. The van der Waals surface area contributed by atoms with Crippen LogP contribution in [0.2, 0.25) is 10.0 Å². The molecule has 2 aromatic rings. The molecule has 1 N–H and O–H groups in total. The zero-order valence-electron chi connectivity index (χ0n) is 17.3. The third kappa shape index (κ3) is 4.45. The highest BCUT2D eigenvalue weighted by atomic mass is 35.5. The summed E-state index contributed by atoms with van der Waals surface area (Å²) in [7, 11) is 0. The fourth-order valence-electron chi connectivity index (χ4n) is 3.11. The summed E-state index contributed by atoms with van der Waals surface area (Å²) in [6.45, 7) is 6.57. The highest BCUT2D eigenvalue weighted by molar-refractivity contribution is 6.42. The Hall–Kier alpha value is -2.65. The smallest absolute Gasteiger partial charge is 0.424 e. The molecule has 0 atom stereocenters. The van der Waals surface area contributed by atoms with E-state index in [1.807, 2.05) is 0 Å². The van der Waals surface area contributed by atoms with Gasteiger partial charge in [0, 0.05) is 17.7 Å². The summed E-state index contributed by atoms with van der Waals surface area (Å²) in [5.41, 5.74) is 1.38. The SMILES string of the molecule is CC(=O)c1cc(C(C)C)c(OC(=O)NC2(C(F)(F)F)Oc3cc(Cl)c(Cl)cc3O2)cc1C. The van der Waals surface area contributed by atoms with Crippen LogP contribution in [0.5, 0.6) is 17.2 Å². The first-order chi connectivity index (χ1) is 14.7. The first-order valence-corrected chi connectivity index (χ1v) is 10.1. The molecule has 6 nitrogen and oxygen atoms in total. The van der Waals surface area contributed by atoms with E-state index in [1.54, 1.807) is 32.2 Å². The Kier molecular flexibility index (Phi) is 6.27. The molecule has 1 heterocycles. The van der Waals surface area contributed by atoms with Crippen molar-refractivity contribution in [1.29, 1.82) is 0 Å². The number of alkyl halides is 3. The van der Waals surface area contributed by atoms with Crippen LogP contribution in [-0.4, -0.2) is 24.0 Å². The van der Waals surface area contributed by atoms with Gasteiger partial charge in [-0.25, -0.2) is 10.1 Å². The summed E-state index contributed by atoms with van der Waals surface area (Å²) in [6, 6.07) is 5.05. The van der Waals surface area contributed by atoms with Crippen molar-refractivity contribution in [2.75, 3.05) is 0 Å². The van der Waals surface area contributed by atoms with Crippen LogP contribution in [0.3, 0.4) is 0 Å². The van der Waals surface area contributed by atoms with Gasteiger partial charge in [-0.1, -0.05) is 37.0 Å². The average molecular weight is 492 g/mol. The van der Waals surface area contributed by atoms with Crippen molar-refractivity contribution in [3.05, 3.63) is 51.0 Å². The monoisotopic (exact) mass is 491 g/mol. The Morgan fingerprint density at radius 1 is 1.06 bits per heavy atom. The number of ether oxygens (including phenoxy) is 3. The molecule has 0 aliphatic carbocycles. The molecule has 1 amide bonds. The number of ketones is 1.